The zero-order valence-electron chi connectivity index (χ0n) is 15.2. The third-order valence-electron chi connectivity index (χ3n) is 4.64. The van der Waals surface area contributed by atoms with Gasteiger partial charge in [-0.3, -0.25) is 14.4 Å². The highest BCUT2D eigenvalue weighted by Gasteiger charge is 2.32. The van der Waals surface area contributed by atoms with Crippen molar-refractivity contribution in [2.75, 3.05) is 12.0 Å². The number of carboxylic acid groups (broad SMARTS) is 1. The van der Waals surface area contributed by atoms with Crippen molar-refractivity contribution in [1.29, 1.82) is 0 Å². The molecule has 1 saturated carbocycles. The summed E-state index contributed by atoms with van der Waals surface area (Å²) in [5.41, 5.74) is 1.51. The molecule has 6 nitrogen and oxygen atoms in total. The molecule has 3 atom stereocenters. The van der Waals surface area contributed by atoms with Crippen LogP contribution in [0.3, 0.4) is 0 Å². The predicted octanol–water partition coefficient (Wildman–Crippen LogP) is 2.22. The first kappa shape index (κ1) is 20.3. The maximum Gasteiger partial charge on any atom is 0.306 e. The van der Waals surface area contributed by atoms with Crippen LogP contribution in [0.4, 0.5) is 0 Å². The summed E-state index contributed by atoms with van der Waals surface area (Å²) in [5.74, 6) is -0.977. The molecule has 1 aliphatic carbocycles. The molecule has 2 amide bonds. The standard InChI is InChI=1S/C19H26N2O4S/c1-12-4-3-5-13(10-12)17(22)21-16(8-9-26-2)18(23)20-15-7-6-14(11-15)19(24)25/h3-5,10,14-16H,6-9,11H2,1-2H3,(H,20,23)(H,21,22)(H,24,25)/t14-,15+,16?/m1/s1. The van der Waals surface area contributed by atoms with Gasteiger partial charge in [-0.2, -0.15) is 11.8 Å². The molecule has 1 aromatic rings. The molecule has 3 N–H and O–H groups in total. The van der Waals surface area contributed by atoms with Crippen LogP contribution in [0, 0.1) is 12.8 Å². The number of aryl methyl sites for hydroxylation is 1. The van der Waals surface area contributed by atoms with E-state index in [9.17, 15) is 14.4 Å². The van der Waals surface area contributed by atoms with E-state index in [0.29, 0.717) is 31.2 Å². The number of carbonyl (C=O) groups is 3. The molecule has 0 saturated heterocycles. The fourth-order valence-corrected chi connectivity index (χ4v) is 3.64. The van der Waals surface area contributed by atoms with E-state index in [-0.39, 0.29) is 17.9 Å². The Hall–Kier alpha value is -2.02. The minimum atomic E-state index is -0.812. The predicted molar refractivity (Wildman–Crippen MR) is 102 cm³/mol. The number of rotatable bonds is 8. The highest BCUT2D eigenvalue weighted by Crippen LogP contribution is 2.25. The van der Waals surface area contributed by atoms with Gasteiger partial charge in [0, 0.05) is 11.6 Å². The summed E-state index contributed by atoms with van der Waals surface area (Å²) in [7, 11) is 0. The van der Waals surface area contributed by atoms with Crippen LogP contribution in [-0.4, -0.2) is 47.0 Å². The molecule has 0 heterocycles. The Morgan fingerprint density at radius 1 is 1.31 bits per heavy atom. The number of nitrogens with one attached hydrogen (secondary N) is 2. The summed E-state index contributed by atoms with van der Waals surface area (Å²) >= 11 is 1.61. The molecule has 0 aromatic heterocycles. The molecule has 0 bridgehead atoms. The number of aliphatic carboxylic acids is 1. The van der Waals surface area contributed by atoms with Gasteiger partial charge in [0.1, 0.15) is 6.04 Å². The fraction of sp³-hybridized carbons (Fsp3) is 0.526. The number of amides is 2. The Morgan fingerprint density at radius 3 is 2.69 bits per heavy atom. The van der Waals surface area contributed by atoms with Crippen LogP contribution < -0.4 is 10.6 Å². The lowest BCUT2D eigenvalue weighted by Gasteiger charge is -2.21. The Labute approximate surface area is 158 Å². The Balaban J connectivity index is 1.98. The molecule has 1 fully saturated rings. The van der Waals surface area contributed by atoms with Crippen LogP contribution in [0.15, 0.2) is 24.3 Å². The van der Waals surface area contributed by atoms with E-state index >= 15 is 0 Å². The first-order valence-corrected chi connectivity index (χ1v) is 10.2. The van der Waals surface area contributed by atoms with E-state index < -0.39 is 17.9 Å². The van der Waals surface area contributed by atoms with Crippen LogP contribution in [0.2, 0.25) is 0 Å². The highest BCUT2D eigenvalue weighted by atomic mass is 32.2. The van der Waals surface area contributed by atoms with Crippen molar-refractivity contribution in [3.8, 4) is 0 Å². The van der Waals surface area contributed by atoms with Gasteiger partial charge in [0.15, 0.2) is 0 Å². The van der Waals surface area contributed by atoms with E-state index in [1.54, 1.807) is 23.9 Å². The molecule has 0 spiro atoms. The van der Waals surface area contributed by atoms with Crippen molar-refractivity contribution >= 4 is 29.5 Å². The largest absolute Gasteiger partial charge is 0.481 e. The minimum absolute atomic E-state index is 0.142. The molecule has 0 aliphatic heterocycles. The summed E-state index contributed by atoms with van der Waals surface area (Å²) in [4.78, 5) is 36.2. The third kappa shape index (κ3) is 5.76. The smallest absolute Gasteiger partial charge is 0.306 e. The van der Waals surface area contributed by atoms with Gasteiger partial charge in [0.05, 0.1) is 5.92 Å². The van der Waals surface area contributed by atoms with E-state index in [2.05, 4.69) is 10.6 Å². The first-order chi connectivity index (χ1) is 12.4. The maximum absolute atomic E-state index is 12.6. The zero-order chi connectivity index (χ0) is 19.1. The maximum atomic E-state index is 12.6. The number of thioether (sulfide) groups is 1. The Bertz CT molecular complexity index is 665. The summed E-state index contributed by atoms with van der Waals surface area (Å²) in [6.07, 6.45) is 4.16. The number of hydrogen-bond acceptors (Lipinski definition) is 4. The number of benzene rings is 1. The average Bonchev–Trinajstić information content (AvgIpc) is 3.07. The van der Waals surface area contributed by atoms with Gasteiger partial charge in [-0.25, -0.2) is 0 Å². The van der Waals surface area contributed by atoms with E-state index in [4.69, 9.17) is 5.11 Å². The second-order valence-corrected chi connectivity index (χ2v) is 7.72. The summed E-state index contributed by atoms with van der Waals surface area (Å²) in [6.45, 7) is 1.91. The van der Waals surface area contributed by atoms with Crippen molar-refractivity contribution < 1.29 is 19.5 Å². The summed E-state index contributed by atoms with van der Waals surface area (Å²) < 4.78 is 0. The number of carbonyl (C=O) groups excluding carboxylic acids is 2. The molecule has 1 aromatic carbocycles. The molecular formula is C19H26N2O4S. The molecule has 1 aliphatic rings. The molecular weight excluding hydrogens is 352 g/mol. The Morgan fingerprint density at radius 2 is 2.08 bits per heavy atom. The molecule has 2 rings (SSSR count). The monoisotopic (exact) mass is 378 g/mol. The second-order valence-electron chi connectivity index (χ2n) is 6.73. The fourth-order valence-electron chi connectivity index (χ4n) is 3.17. The van der Waals surface area contributed by atoms with E-state index in [1.165, 1.54) is 0 Å². The van der Waals surface area contributed by atoms with Crippen molar-refractivity contribution in [3.63, 3.8) is 0 Å². The summed E-state index contributed by atoms with van der Waals surface area (Å²) in [6, 6.07) is 6.46. The van der Waals surface area contributed by atoms with Gasteiger partial charge in [0.25, 0.3) is 5.91 Å². The summed E-state index contributed by atoms with van der Waals surface area (Å²) in [5, 5.41) is 14.8. The Kier molecular flexibility index (Phi) is 7.50. The van der Waals surface area contributed by atoms with Crippen molar-refractivity contribution in [3.05, 3.63) is 35.4 Å². The second kappa shape index (κ2) is 9.62. The normalized spacial score (nSPS) is 20.4. The van der Waals surface area contributed by atoms with Gasteiger partial charge in [-0.15, -0.1) is 0 Å². The first-order valence-electron chi connectivity index (χ1n) is 8.80. The van der Waals surface area contributed by atoms with E-state index in [0.717, 1.165) is 11.3 Å². The molecule has 7 heteroatoms. The van der Waals surface area contributed by atoms with Crippen molar-refractivity contribution in [2.24, 2.45) is 5.92 Å². The molecule has 0 radical (unpaired) electrons. The third-order valence-corrected chi connectivity index (χ3v) is 5.28. The van der Waals surface area contributed by atoms with Gasteiger partial charge >= 0.3 is 5.97 Å². The SMILES string of the molecule is CSCCC(NC(=O)c1cccc(C)c1)C(=O)N[C@H]1CC[C@@H](C(=O)O)C1. The number of hydrogen-bond donors (Lipinski definition) is 3. The van der Waals surface area contributed by atoms with Gasteiger partial charge in [0.2, 0.25) is 5.91 Å². The lowest BCUT2D eigenvalue weighted by Crippen LogP contribution is -2.49. The topological polar surface area (TPSA) is 95.5 Å². The van der Waals surface area contributed by atoms with Gasteiger partial charge in [-0.1, -0.05) is 17.7 Å². The number of carboxylic acids is 1. The minimum Gasteiger partial charge on any atom is -0.481 e. The van der Waals surface area contributed by atoms with Crippen LogP contribution >= 0.6 is 11.8 Å². The van der Waals surface area contributed by atoms with Crippen molar-refractivity contribution in [1.82, 2.24) is 10.6 Å². The van der Waals surface area contributed by atoms with Crippen LogP contribution in [0.25, 0.3) is 0 Å². The molecule has 142 valence electrons. The van der Waals surface area contributed by atoms with Crippen LogP contribution in [-0.2, 0) is 9.59 Å². The van der Waals surface area contributed by atoms with Crippen LogP contribution in [0.5, 0.6) is 0 Å². The quantitative estimate of drug-likeness (QED) is 0.645. The zero-order valence-corrected chi connectivity index (χ0v) is 16.0. The lowest BCUT2D eigenvalue weighted by atomic mass is 10.1. The van der Waals surface area contributed by atoms with Gasteiger partial charge in [-0.05, 0) is 56.7 Å². The van der Waals surface area contributed by atoms with Crippen LogP contribution in [0.1, 0.15) is 41.6 Å². The van der Waals surface area contributed by atoms with Crippen molar-refractivity contribution in [2.45, 2.75) is 44.7 Å². The van der Waals surface area contributed by atoms with E-state index in [1.807, 2.05) is 25.3 Å². The molecule has 26 heavy (non-hydrogen) atoms. The average molecular weight is 378 g/mol. The van der Waals surface area contributed by atoms with Gasteiger partial charge < -0.3 is 15.7 Å². The lowest BCUT2D eigenvalue weighted by molar-refractivity contribution is -0.141. The highest BCUT2D eigenvalue weighted by molar-refractivity contribution is 7.98. The molecule has 1 unspecified atom stereocenters.